The van der Waals surface area contributed by atoms with Crippen molar-refractivity contribution in [2.75, 3.05) is 7.05 Å². The Morgan fingerprint density at radius 1 is 1.15 bits per heavy atom. The quantitative estimate of drug-likeness (QED) is 0.837. The van der Waals surface area contributed by atoms with Crippen molar-refractivity contribution in [3.05, 3.63) is 70.1 Å². The largest absolute Gasteiger partial charge is 0.366 e. The van der Waals surface area contributed by atoms with Crippen molar-refractivity contribution in [3.8, 4) is 0 Å². The molecule has 4 nitrogen and oxygen atoms in total. The van der Waals surface area contributed by atoms with E-state index in [-0.39, 0.29) is 5.56 Å². The second-order valence-electron chi connectivity index (χ2n) is 4.42. The van der Waals surface area contributed by atoms with Gasteiger partial charge < -0.3 is 15.2 Å². The van der Waals surface area contributed by atoms with Gasteiger partial charge in [-0.05, 0) is 29.4 Å². The Morgan fingerprint density at radius 3 is 2.50 bits per heavy atom. The zero-order chi connectivity index (χ0) is 14.4. The van der Waals surface area contributed by atoms with Crippen LogP contribution >= 0.6 is 12.2 Å². The van der Waals surface area contributed by atoms with Crippen LogP contribution in [0.15, 0.2) is 53.5 Å². The fraction of sp³-hybridized carbons (Fsp3) is 0.200. The number of aromatic nitrogens is 1. The van der Waals surface area contributed by atoms with Crippen molar-refractivity contribution in [3.63, 3.8) is 0 Å². The Morgan fingerprint density at radius 2 is 1.85 bits per heavy atom. The van der Waals surface area contributed by atoms with Crippen LogP contribution in [0.2, 0.25) is 0 Å². The standard InChI is InChI=1S/C15H17N3OS/c1-16-15(20)17-10-12-5-7-13(8-6-12)11-18-9-3-2-4-14(18)19/h2-9H,10-11H2,1H3,(H2,16,17,20). The van der Waals surface area contributed by atoms with E-state index in [9.17, 15) is 4.79 Å². The minimum absolute atomic E-state index is 0.0117. The molecule has 0 atom stereocenters. The SMILES string of the molecule is CNC(=S)NCc1ccc(Cn2ccccc2=O)cc1. The zero-order valence-corrected chi connectivity index (χ0v) is 12.1. The molecule has 1 aromatic heterocycles. The predicted molar refractivity (Wildman–Crippen MR) is 84.7 cm³/mol. The predicted octanol–water partition coefficient (Wildman–Crippen LogP) is 1.49. The normalized spacial score (nSPS) is 10.1. The highest BCUT2D eigenvalue weighted by Crippen LogP contribution is 2.05. The van der Waals surface area contributed by atoms with Gasteiger partial charge in [0.2, 0.25) is 0 Å². The van der Waals surface area contributed by atoms with E-state index in [0.29, 0.717) is 18.2 Å². The van der Waals surface area contributed by atoms with Crippen LogP contribution in [0, 0.1) is 0 Å². The molecule has 0 bridgehead atoms. The fourth-order valence-corrected chi connectivity index (χ4v) is 1.89. The molecule has 0 aliphatic heterocycles. The van der Waals surface area contributed by atoms with Gasteiger partial charge >= 0.3 is 0 Å². The Balaban J connectivity index is 2.00. The van der Waals surface area contributed by atoms with Gasteiger partial charge in [-0.1, -0.05) is 30.3 Å². The monoisotopic (exact) mass is 287 g/mol. The van der Waals surface area contributed by atoms with Crippen molar-refractivity contribution in [2.45, 2.75) is 13.1 Å². The summed E-state index contributed by atoms with van der Waals surface area (Å²) >= 11 is 5.02. The summed E-state index contributed by atoms with van der Waals surface area (Å²) in [4.78, 5) is 11.6. The fourth-order valence-electron chi connectivity index (χ4n) is 1.82. The molecule has 2 aromatic rings. The smallest absolute Gasteiger partial charge is 0.250 e. The van der Waals surface area contributed by atoms with E-state index in [1.54, 1.807) is 29.9 Å². The topological polar surface area (TPSA) is 46.1 Å². The maximum Gasteiger partial charge on any atom is 0.250 e. The molecule has 0 saturated heterocycles. The molecule has 0 radical (unpaired) electrons. The number of pyridine rings is 1. The third kappa shape index (κ3) is 3.93. The average Bonchev–Trinajstić information content (AvgIpc) is 2.48. The molecule has 2 N–H and O–H groups in total. The van der Waals surface area contributed by atoms with Crippen molar-refractivity contribution < 1.29 is 0 Å². The number of rotatable bonds is 4. The first-order valence-corrected chi connectivity index (χ1v) is 6.79. The van der Waals surface area contributed by atoms with Gasteiger partial charge in [-0.15, -0.1) is 0 Å². The van der Waals surface area contributed by atoms with Crippen molar-refractivity contribution in [1.82, 2.24) is 15.2 Å². The molecule has 2 rings (SSSR count). The minimum Gasteiger partial charge on any atom is -0.366 e. The van der Waals surface area contributed by atoms with E-state index in [4.69, 9.17) is 12.2 Å². The van der Waals surface area contributed by atoms with Gasteiger partial charge in [0.25, 0.3) is 5.56 Å². The molecule has 20 heavy (non-hydrogen) atoms. The molecule has 0 saturated carbocycles. The summed E-state index contributed by atoms with van der Waals surface area (Å²) in [7, 11) is 1.79. The van der Waals surface area contributed by atoms with E-state index < -0.39 is 0 Å². The van der Waals surface area contributed by atoms with Crippen LogP contribution in [0.1, 0.15) is 11.1 Å². The Labute approximate surface area is 123 Å². The lowest BCUT2D eigenvalue weighted by Crippen LogP contribution is -2.31. The highest BCUT2D eigenvalue weighted by Gasteiger charge is 1.98. The second kappa shape index (κ2) is 6.86. The molecule has 1 heterocycles. The summed E-state index contributed by atoms with van der Waals surface area (Å²) in [6, 6.07) is 13.3. The zero-order valence-electron chi connectivity index (χ0n) is 11.3. The van der Waals surface area contributed by atoms with Crippen molar-refractivity contribution >= 4 is 17.3 Å². The van der Waals surface area contributed by atoms with Crippen molar-refractivity contribution in [1.29, 1.82) is 0 Å². The third-order valence-electron chi connectivity index (χ3n) is 2.96. The van der Waals surface area contributed by atoms with E-state index in [1.165, 1.54) is 0 Å². The second-order valence-corrected chi connectivity index (χ2v) is 4.82. The van der Waals surface area contributed by atoms with Crippen molar-refractivity contribution in [2.24, 2.45) is 0 Å². The summed E-state index contributed by atoms with van der Waals surface area (Å²) in [5, 5.41) is 6.59. The lowest BCUT2D eigenvalue weighted by molar-refractivity contribution is 0.758. The average molecular weight is 287 g/mol. The maximum absolute atomic E-state index is 11.6. The number of hydrogen-bond donors (Lipinski definition) is 2. The third-order valence-corrected chi connectivity index (χ3v) is 3.30. The summed E-state index contributed by atoms with van der Waals surface area (Å²) in [5.74, 6) is 0. The van der Waals surface area contributed by atoms with Crippen LogP contribution < -0.4 is 16.2 Å². The van der Waals surface area contributed by atoms with Crippen LogP contribution in [0.3, 0.4) is 0 Å². The lowest BCUT2D eigenvalue weighted by atomic mass is 10.1. The first-order valence-electron chi connectivity index (χ1n) is 6.38. The molecule has 0 spiro atoms. The van der Waals surface area contributed by atoms with Gasteiger partial charge in [-0.2, -0.15) is 0 Å². The van der Waals surface area contributed by atoms with E-state index >= 15 is 0 Å². The van der Waals surface area contributed by atoms with Gasteiger partial charge in [-0.25, -0.2) is 0 Å². The first-order chi connectivity index (χ1) is 9.69. The highest BCUT2D eigenvalue weighted by atomic mass is 32.1. The minimum atomic E-state index is 0.0117. The van der Waals surface area contributed by atoms with E-state index in [0.717, 1.165) is 11.1 Å². The van der Waals surface area contributed by atoms with Crippen LogP contribution in [-0.4, -0.2) is 16.7 Å². The summed E-state index contributed by atoms with van der Waals surface area (Å²) in [6.45, 7) is 1.27. The number of thiocarbonyl (C=S) groups is 1. The Hall–Kier alpha value is -2.14. The Bertz CT molecular complexity index is 634. The first kappa shape index (κ1) is 14.3. The summed E-state index contributed by atoms with van der Waals surface area (Å²) in [6.07, 6.45) is 1.79. The van der Waals surface area contributed by atoms with Crippen LogP contribution in [0.25, 0.3) is 0 Å². The van der Waals surface area contributed by atoms with Crippen LogP contribution in [0.4, 0.5) is 0 Å². The van der Waals surface area contributed by atoms with Gasteiger partial charge in [0.15, 0.2) is 5.11 Å². The summed E-state index contributed by atoms with van der Waals surface area (Å²) < 4.78 is 1.68. The van der Waals surface area contributed by atoms with Gasteiger partial charge in [0.1, 0.15) is 0 Å². The van der Waals surface area contributed by atoms with E-state index in [1.807, 2.05) is 30.3 Å². The molecule has 5 heteroatoms. The van der Waals surface area contributed by atoms with Crippen LogP contribution in [0.5, 0.6) is 0 Å². The molecular formula is C15H17N3OS. The van der Waals surface area contributed by atoms with Gasteiger partial charge in [-0.3, -0.25) is 4.79 Å². The molecule has 0 unspecified atom stereocenters. The van der Waals surface area contributed by atoms with Gasteiger partial charge in [0, 0.05) is 25.9 Å². The number of nitrogens with one attached hydrogen (secondary N) is 2. The summed E-state index contributed by atoms with van der Waals surface area (Å²) in [5.41, 5.74) is 2.25. The molecular weight excluding hydrogens is 270 g/mol. The number of benzene rings is 1. The molecule has 0 amide bonds. The molecule has 0 fully saturated rings. The number of nitrogens with zero attached hydrogens (tertiary/aromatic N) is 1. The molecule has 104 valence electrons. The maximum atomic E-state index is 11.6. The van der Waals surface area contributed by atoms with E-state index in [2.05, 4.69) is 10.6 Å². The molecule has 1 aromatic carbocycles. The molecule has 0 aliphatic carbocycles. The Kier molecular flexibility index (Phi) is 4.90. The van der Waals surface area contributed by atoms with Gasteiger partial charge in [0.05, 0.1) is 6.54 Å². The lowest BCUT2D eigenvalue weighted by Gasteiger charge is -2.09. The molecule has 0 aliphatic rings. The highest BCUT2D eigenvalue weighted by molar-refractivity contribution is 7.80. The number of hydrogen-bond acceptors (Lipinski definition) is 2. The van der Waals surface area contributed by atoms with Crippen LogP contribution in [-0.2, 0) is 13.1 Å².